The second kappa shape index (κ2) is 11.4. The molecule has 0 bridgehead atoms. The van der Waals surface area contributed by atoms with E-state index in [0.717, 1.165) is 30.3 Å². The number of carbonyl (C=O) groups excluding carboxylic acids is 2. The summed E-state index contributed by atoms with van der Waals surface area (Å²) in [6.07, 6.45) is 1.69. The van der Waals surface area contributed by atoms with Crippen LogP contribution in [0.1, 0.15) is 54.4 Å². The van der Waals surface area contributed by atoms with Gasteiger partial charge in [-0.05, 0) is 30.2 Å². The molecule has 4 heterocycles. The summed E-state index contributed by atoms with van der Waals surface area (Å²) in [6, 6.07) is 11.1. The van der Waals surface area contributed by atoms with Gasteiger partial charge in [0, 0.05) is 51.1 Å². The van der Waals surface area contributed by atoms with Gasteiger partial charge in [-0.1, -0.05) is 31.7 Å². The van der Waals surface area contributed by atoms with Gasteiger partial charge in [0.2, 0.25) is 5.91 Å². The topological polar surface area (TPSA) is 104 Å². The molecule has 1 saturated heterocycles. The molecule has 3 aromatic rings. The first-order valence-electron chi connectivity index (χ1n) is 11.7. The maximum atomic E-state index is 12.4. The van der Waals surface area contributed by atoms with Crippen molar-refractivity contribution in [2.45, 2.75) is 44.1 Å². The van der Waals surface area contributed by atoms with E-state index >= 15 is 0 Å². The molecule has 1 aliphatic rings. The third kappa shape index (κ3) is 6.60. The molecular formula is C25H30N6O3S. The lowest BCUT2D eigenvalue weighted by atomic mass is 10.1. The van der Waals surface area contributed by atoms with Crippen molar-refractivity contribution in [2.24, 2.45) is 0 Å². The summed E-state index contributed by atoms with van der Waals surface area (Å²) < 4.78 is 5.76. The molecule has 0 atom stereocenters. The lowest BCUT2D eigenvalue weighted by Crippen LogP contribution is -2.48. The van der Waals surface area contributed by atoms with Crippen molar-refractivity contribution >= 4 is 29.4 Å². The fourth-order valence-corrected chi connectivity index (χ4v) is 4.43. The second-order valence-electron chi connectivity index (χ2n) is 8.64. The van der Waals surface area contributed by atoms with E-state index in [4.69, 9.17) is 14.4 Å². The first-order valence-corrected chi connectivity index (χ1v) is 12.7. The van der Waals surface area contributed by atoms with Gasteiger partial charge in [-0.15, -0.1) is 0 Å². The standard InChI is InChI=1S/C25H30N6O3S/c1-17(2)21-14-23(31-12-10-30(11-13-31)18(3)32)29-25(28-21)35-16-20-7-8-22(34-20)24(33)27-15-19-6-4-5-9-26-19/h4-9,14,17H,10-13,15-16H2,1-3H3,(H,27,33). The number of anilines is 1. The maximum Gasteiger partial charge on any atom is 0.287 e. The van der Waals surface area contributed by atoms with Crippen LogP contribution >= 0.6 is 11.8 Å². The molecule has 3 aromatic heterocycles. The van der Waals surface area contributed by atoms with Crippen LogP contribution in [0.15, 0.2) is 52.2 Å². The first kappa shape index (κ1) is 24.7. The number of amides is 2. The van der Waals surface area contributed by atoms with Crippen LogP contribution in [0.4, 0.5) is 5.82 Å². The molecule has 184 valence electrons. The number of rotatable bonds is 8. The van der Waals surface area contributed by atoms with E-state index in [0.29, 0.717) is 36.3 Å². The van der Waals surface area contributed by atoms with Gasteiger partial charge in [0.1, 0.15) is 11.6 Å². The molecule has 0 saturated carbocycles. The highest BCUT2D eigenvalue weighted by Crippen LogP contribution is 2.27. The van der Waals surface area contributed by atoms with Gasteiger partial charge in [-0.3, -0.25) is 14.6 Å². The minimum absolute atomic E-state index is 0.106. The predicted octanol–water partition coefficient (Wildman–Crippen LogP) is 3.48. The SMILES string of the molecule is CC(=O)N1CCN(c2cc(C(C)C)nc(SCc3ccc(C(=O)NCc4ccccn4)o3)n2)CC1. The summed E-state index contributed by atoms with van der Waals surface area (Å²) in [5, 5.41) is 3.48. The fourth-order valence-electron chi connectivity index (χ4n) is 3.68. The summed E-state index contributed by atoms with van der Waals surface area (Å²) >= 11 is 1.48. The molecule has 0 spiro atoms. The summed E-state index contributed by atoms with van der Waals surface area (Å²) in [5.74, 6) is 2.40. The Balaban J connectivity index is 1.38. The van der Waals surface area contributed by atoms with Gasteiger partial charge < -0.3 is 19.5 Å². The number of piperazine rings is 1. The second-order valence-corrected chi connectivity index (χ2v) is 9.58. The van der Waals surface area contributed by atoms with E-state index in [9.17, 15) is 9.59 Å². The molecule has 0 unspecified atom stereocenters. The van der Waals surface area contributed by atoms with Crippen molar-refractivity contribution in [3.8, 4) is 0 Å². The van der Waals surface area contributed by atoms with E-state index in [1.54, 1.807) is 25.3 Å². The van der Waals surface area contributed by atoms with E-state index in [1.807, 2.05) is 29.2 Å². The molecule has 1 aliphatic heterocycles. The van der Waals surface area contributed by atoms with Crippen LogP contribution in [0, 0.1) is 0 Å². The number of thioether (sulfide) groups is 1. The van der Waals surface area contributed by atoms with E-state index in [1.165, 1.54) is 11.8 Å². The summed E-state index contributed by atoms with van der Waals surface area (Å²) in [4.78, 5) is 41.8. The zero-order valence-electron chi connectivity index (χ0n) is 20.2. The zero-order valence-corrected chi connectivity index (χ0v) is 21.0. The molecule has 1 fully saturated rings. The summed E-state index contributed by atoms with van der Waals surface area (Å²) in [6.45, 7) is 9.03. The normalized spacial score (nSPS) is 13.8. The number of pyridine rings is 1. The van der Waals surface area contributed by atoms with Crippen molar-refractivity contribution in [1.82, 2.24) is 25.2 Å². The third-order valence-electron chi connectivity index (χ3n) is 5.74. The Labute approximate surface area is 209 Å². The number of aromatic nitrogens is 3. The van der Waals surface area contributed by atoms with E-state index in [2.05, 4.69) is 29.0 Å². The Hall–Kier alpha value is -3.40. The number of carbonyl (C=O) groups is 2. The van der Waals surface area contributed by atoms with Crippen LogP contribution in [0.2, 0.25) is 0 Å². The first-order chi connectivity index (χ1) is 16.9. The quantitative estimate of drug-likeness (QED) is 0.375. The van der Waals surface area contributed by atoms with Gasteiger partial charge in [0.05, 0.1) is 18.0 Å². The Kier molecular flexibility index (Phi) is 8.02. The molecule has 35 heavy (non-hydrogen) atoms. The van der Waals surface area contributed by atoms with E-state index in [-0.39, 0.29) is 23.5 Å². The molecule has 10 heteroatoms. The largest absolute Gasteiger partial charge is 0.455 e. The number of nitrogens with one attached hydrogen (secondary N) is 1. The zero-order chi connectivity index (χ0) is 24.8. The monoisotopic (exact) mass is 494 g/mol. The van der Waals surface area contributed by atoms with Crippen molar-refractivity contribution in [2.75, 3.05) is 31.1 Å². The number of hydrogen-bond donors (Lipinski definition) is 1. The average molecular weight is 495 g/mol. The average Bonchev–Trinajstić information content (AvgIpc) is 3.36. The van der Waals surface area contributed by atoms with Crippen LogP contribution in [0.3, 0.4) is 0 Å². The highest BCUT2D eigenvalue weighted by atomic mass is 32.2. The number of nitrogens with zero attached hydrogens (tertiary/aromatic N) is 5. The van der Waals surface area contributed by atoms with Crippen molar-refractivity contribution in [3.05, 3.63) is 65.5 Å². The molecule has 4 rings (SSSR count). The van der Waals surface area contributed by atoms with Crippen LogP contribution in [0.25, 0.3) is 0 Å². The molecule has 9 nitrogen and oxygen atoms in total. The molecule has 0 aromatic carbocycles. The van der Waals surface area contributed by atoms with Gasteiger partial charge >= 0.3 is 0 Å². The van der Waals surface area contributed by atoms with Gasteiger partial charge in [-0.2, -0.15) is 0 Å². The Bertz CT molecular complexity index is 1160. The lowest BCUT2D eigenvalue weighted by Gasteiger charge is -2.35. The molecule has 2 amide bonds. The van der Waals surface area contributed by atoms with Gasteiger partial charge in [-0.25, -0.2) is 9.97 Å². The molecule has 0 radical (unpaired) electrons. The van der Waals surface area contributed by atoms with Crippen LogP contribution < -0.4 is 10.2 Å². The smallest absolute Gasteiger partial charge is 0.287 e. The van der Waals surface area contributed by atoms with Crippen LogP contribution in [0.5, 0.6) is 0 Å². The molecule has 1 N–H and O–H groups in total. The summed E-state index contributed by atoms with van der Waals surface area (Å²) in [5.41, 5.74) is 1.75. The fraction of sp³-hybridized carbons (Fsp3) is 0.400. The highest BCUT2D eigenvalue weighted by molar-refractivity contribution is 7.98. The van der Waals surface area contributed by atoms with E-state index < -0.39 is 0 Å². The summed E-state index contributed by atoms with van der Waals surface area (Å²) in [7, 11) is 0. The van der Waals surface area contributed by atoms with Gasteiger partial charge in [0.15, 0.2) is 10.9 Å². The van der Waals surface area contributed by atoms with Crippen molar-refractivity contribution in [1.29, 1.82) is 0 Å². The van der Waals surface area contributed by atoms with Crippen molar-refractivity contribution < 1.29 is 14.0 Å². The molecular weight excluding hydrogens is 464 g/mol. The third-order valence-corrected chi connectivity index (χ3v) is 6.61. The maximum absolute atomic E-state index is 12.4. The number of furan rings is 1. The van der Waals surface area contributed by atoms with Gasteiger partial charge in [0.25, 0.3) is 5.91 Å². The predicted molar refractivity (Wildman–Crippen MR) is 134 cm³/mol. The Morgan fingerprint density at radius 2 is 1.91 bits per heavy atom. The lowest BCUT2D eigenvalue weighted by molar-refractivity contribution is -0.129. The Morgan fingerprint density at radius 3 is 2.60 bits per heavy atom. The molecule has 0 aliphatic carbocycles. The van der Waals surface area contributed by atoms with Crippen LogP contribution in [-0.2, 0) is 17.1 Å². The van der Waals surface area contributed by atoms with Crippen molar-refractivity contribution in [3.63, 3.8) is 0 Å². The highest BCUT2D eigenvalue weighted by Gasteiger charge is 2.21. The Morgan fingerprint density at radius 1 is 1.11 bits per heavy atom. The minimum atomic E-state index is -0.281. The number of hydrogen-bond acceptors (Lipinski definition) is 8. The minimum Gasteiger partial charge on any atom is -0.455 e. The van der Waals surface area contributed by atoms with Crippen LogP contribution in [-0.4, -0.2) is 57.8 Å².